The topological polar surface area (TPSA) is 67.8 Å². The predicted molar refractivity (Wildman–Crippen MR) is 61.8 cm³/mol. The van der Waals surface area contributed by atoms with Gasteiger partial charge in [-0.2, -0.15) is 0 Å². The Bertz CT molecular complexity index is 494. The van der Waals surface area contributed by atoms with E-state index in [1.165, 1.54) is 0 Å². The third-order valence-electron chi connectivity index (χ3n) is 1.94. The molecule has 1 amide bonds. The maximum atomic E-state index is 11.7. The fraction of sp³-hybridized carbons (Fsp3) is 0.111. The standard InChI is InChI=1S/C9H7ClN4OS/c1-5-2-3-11-8(10)7(5)12-9(15)6-4-16-14-13-6/h2-4H,1H3,(H,12,15). The molecule has 82 valence electrons. The monoisotopic (exact) mass is 254 g/mol. The molecule has 2 aromatic heterocycles. The highest BCUT2D eigenvalue weighted by atomic mass is 35.5. The molecule has 0 atom stereocenters. The van der Waals surface area contributed by atoms with Crippen LogP contribution in [0.4, 0.5) is 5.69 Å². The minimum absolute atomic E-state index is 0.261. The number of anilines is 1. The van der Waals surface area contributed by atoms with E-state index in [9.17, 15) is 4.79 Å². The average molecular weight is 255 g/mol. The lowest BCUT2D eigenvalue weighted by Gasteiger charge is -2.07. The van der Waals surface area contributed by atoms with Gasteiger partial charge in [-0.3, -0.25) is 4.79 Å². The van der Waals surface area contributed by atoms with Gasteiger partial charge in [0.05, 0.1) is 5.69 Å². The van der Waals surface area contributed by atoms with E-state index in [-0.39, 0.29) is 16.8 Å². The summed E-state index contributed by atoms with van der Waals surface area (Å²) in [7, 11) is 0. The van der Waals surface area contributed by atoms with Gasteiger partial charge >= 0.3 is 0 Å². The van der Waals surface area contributed by atoms with Crippen LogP contribution in [0, 0.1) is 6.92 Å². The van der Waals surface area contributed by atoms with E-state index >= 15 is 0 Å². The minimum Gasteiger partial charge on any atom is -0.318 e. The summed E-state index contributed by atoms with van der Waals surface area (Å²) in [4.78, 5) is 15.6. The van der Waals surface area contributed by atoms with Crippen molar-refractivity contribution in [3.05, 3.63) is 34.1 Å². The van der Waals surface area contributed by atoms with Crippen LogP contribution >= 0.6 is 23.1 Å². The molecule has 0 aliphatic heterocycles. The zero-order chi connectivity index (χ0) is 11.5. The molecule has 1 N–H and O–H groups in total. The summed E-state index contributed by atoms with van der Waals surface area (Å²) >= 11 is 6.99. The van der Waals surface area contributed by atoms with Gasteiger partial charge in [0.1, 0.15) is 0 Å². The molecule has 0 aromatic carbocycles. The first kappa shape index (κ1) is 11.0. The smallest absolute Gasteiger partial charge is 0.277 e. The number of hydrogen-bond donors (Lipinski definition) is 1. The second-order valence-corrected chi connectivity index (χ2v) is 4.01. The fourth-order valence-corrected chi connectivity index (χ4v) is 1.81. The summed E-state index contributed by atoms with van der Waals surface area (Å²) in [6.45, 7) is 1.84. The van der Waals surface area contributed by atoms with E-state index in [0.29, 0.717) is 5.69 Å². The highest BCUT2D eigenvalue weighted by Crippen LogP contribution is 2.23. The molecule has 7 heteroatoms. The number of nitrogens with one attached hydrogen (secondary N) is 1. The molecule has 16 heavy (non-hydrogen) atoms. The number of carbonyl (C=O) groups is 1. The van der Waals surface area contributed by atoms with Crippen LogP contribution in [0.2, 0.25) is 5.15 Å². The quantitative estimate of drug-likeness (QED) is 0.834. The second kappa shape index (κ2) is 4.54. The third-order valence-corrected chi connectivity index (χ3v) is 2.74. The highest BCUT2D eigenvalue weighted by molar-refractivity contribution is 7.03. The third kappa shape index (κ3) is 2.17. The fourth-order valence-electron chi connectivity index (χ4n) is 1.12. The maximum Gasteiger partial charge on any atom is 0.277 e. The van der Waals surface area contributed by atoms with Gasteiger partial charge in [0.15, 0.2) is 10.8 Å². The van der Waals surface area contributed by atoms with Crippen molar-refractivity contribution >= 4 is 34.7 Å². The predicted octanol–water partition coefficient (Wildman–Crippen LogP) is 2.15. The molecule has 0 radical (unpaired) electrons. The van der Waals surface area contributed by atoms with Gasteiger partial charge < -0.3 is 5.32 Å². The van der Waals surface area contributed by atoms with E-state index in [4.69, 9.17) is 11.6 Å². The highest BCUT2D eigenvalue weighted by Gasteiger charge is 2.12. The lowest BCUT2D eigenvalue weighted by molar-refractivity contribution is 0.102. The van der Waals surface area contributed by atoms with Gasteiger partial charge in [0, 0.05) is 11.6 Å². The summed E-state index contributed by atoms with van der Waals surface area (Å²) in [5.41, 5.74) is 1.61. The van der Waals surface area contributed by atoms with Crippen molar-refractivity contribution in [1.82, 2.24) is 14.6 Å². The van der Waals surface area contributed by atoms with Crippen LogP contribution in [0.15, 0.2) is 17.6 Å². The number of carbonyl (C=O) groups excluding carboxylic acids is 1. The molecule has 0 spiro atoms. The molecule has 0 bridgehead atoms. The largest absolute Gasteiger partial charge is 0.318 e. The number of rotatable bonds is 2. The molecule has 0 fully saturated rings. The Morgan fingerprint density at radius 1 is 1.56 bits per heavy atom. The lowest BCUT2D eigenvalue weighted by Crippen LogP contribution is -2.14. The summed E-state index contributed by atoms with van der Waals surface area (Å²) in [6, 6.07) is 1.76. The van der Waals surface area contributed by atoms with Gasteiger partial charge in [-0.1, -0.05) is 16.1 Å². The number of aryl methyl sites for hydroxylation is 1. The molecule has 2 heterocycles. The second-order valence-electron chi connectivity index (χ2n) is 3.04. The molecule has 5 nitrogen and oxygen atoms in total. The maximum absolute atomic E-state index is 11.7. The zero-order valence-corrected chi connectivity index (χ0v) is 9.84. The van der Waals surface area contributed by atoms with Crippen LogP contribution in [0.3, 0.4) is 0 Å². The first-order valence-electron chi connectivity index (χ1n) is 4.38. The summed E-state index contributed by atoms with van der Waals surface area (Å²) in [5.74, 6) is -0.341. The minimum atomic E-state index is -0.341. The summed E-state index contributed by atoms with van der Waals surface area (Å²) in [6.07, 6.45) is 1.58. The Balaban J connectivity index is 2.25. The van der Waals surface area contributed by atoms with Gasteiger partial charge in [0.2, 0.25) is 0 Å². The number of nitrogens with zero attached hydrogens (tertiary/aromatic N) is 3. The average Bonchev–Trinajstić information content (AvgIpc) is 2.76. The van der Waals surface area contributed by atoms with Gasteiger partial charge in [0.25, 0.3) is 5.91 Å². The van der Waals surface area contributed by atoms with Crippen molar-refractivity contribution in [2.24, 2.45) is 0 Å². The summed E-state index contributed by atoms with van der Waals surface area (Å²) < 4.78 is 3.61. The number of amides is 1. The number of halogens is 1. The van der Waals surface area contributed by atoms with Crippen LogP contribution in [0.25, 0.3) is 0 Å². The Morgan fingerprint density at radius 3 is 3.00 bits per heavy atom. The van der Waals surface area contributed by atoms with Crippen molar-refractivity contribution in [1.29, 1.82) is 0 Å². The normalized spacial score (nSPS) is 10.1. The first-order valence-corrected chi connectivity index (χ1v) is 5.59. The van der Waals surface area contributed by atoms with Crippen LogP contribution in [0.1, 0.15) is 16.1 Å². The molecular formula is C9H7ClN4OS. The van der Waals surface area contributed by atoms with Crippen molar-refractivity contribution in [2.45, 2.75) is 6.92 Å². The van der Waals surface area contributed by atoms with E-state index < -0.39 is 0 Å². The zero-order valence-electron chi connectivity index (χ0n) is 8.27. The van der Waals surface area contributed by atoms with Crippen LogP contribution in [0.5, 0.6) is 0 Å². The molecule has 0 aliphatic carbocycles. The SMILES string of the molecule is Cc1ccnc(Cl)c1NC(=O)c1csnn1. The van der Waals surface area contributed by atoms with Crippen LogP contribution in [-0.2, 0) is 0 Å². The van der Waals surface area contributed by atoms with Gasteiger partial charge in [-0.25, -0.2) is 4.98 Å². The van der Waals surface area contributed by atoms with E-state index in [0.717, 1.165) is 17.1 Å². The molecule has 0 saturated carbocycles. The number of hydrogen-bond acceptors (Lipinski definition) is 5. The number of aromatic nitrogens is 3. The van der Waals surface area contributed by atoms with Gasteiger partial charge in [-0.05, 0) is 30.1 Å². The molecule has 0 unspecified atom stereocenters. The van der Waals surface area contributed by atoms with Crippen molar-refractivity contribution in [3.63, 3.8) is 0 Å². The Morgan fingerprint density at radius 2 is 2.38 bits per heavy atom. The Kier molecular flexibility index (Phi) is 3.12. The molecule has 0 aliphatic rings. The molecule has 0 saturated heterocycles. The molecule has 2 rings (SSSR count). The Labute approximate surface area is 101 Å². The molecule has 2 aromatic rings. The number of pyridine rings is 1. The van der Waals surface area contributed by atoms with E-state index in [2.05, 4.69) is 19.9 Å². The van der Waals surface area contributed by atoms with E-state index in [1.54, 1.807) is 17.6 Å². The van der Waals surface area contributed by atoms with E-state index in [1.807, 2.05) is 6.92 Å². The lowest BCUT2D eigenvalue weighted by atomic mass is 10.2. The van der Waals surface area contributed by atoms with Crippen molar-refractivity contribution in [2.75, 3.05) is 5.32 Å². The van der Waals surface area contributed by atoms with Crippen molar-refractivity contribution in [3.8, 4) is 0 Å². The van der Waals surface area contributed by atoms with Crippen LogP contribution in [-0.4, -0.2) is 20.5 Å². The van der Waals surface area contributed by atoms with Crippen molar-refractivity contribution < 1.29 is 4.79 Å². The summed E-state index contributed by atoms with van der Waals surface area (Å²) in [5, 5.41) is 8.14. The van der Waals surface area contributed by atoms with Gasteiger partial charge in [-0.15, -0.1) is 5.10 Å². The first-order chi connectivity index (χ1) is 7.68. The molecular weight excluding hydrogens is 248 g/mol. The Hall–Kier alpha value is -1.53. The van der Waals surface area contributed by atoms with Crippen LogP contribution < -0.4 is 5.32 Å².